The summed E-state index contributed by atoms with van der Waals surface area (Å²) in [6, 6.07) is 70.8. The van der Waals surface area contributed by atoms with Gasteiger partial charge in [-0.3, -0.25) is 0 Å². The van der Waals surface area contributed by atoms with Crippen LogP contribution in [-0.4, -0.2) is 4.57 Å². The molecule has 278 valence electrons. The molecule has 9 aromatic carbocycles. The molecule has 0 radical (unpaired) electrons. The molecule has 1 aliphatic rings. The number of anilines is 3. The second-order valence-corrected chi connectivity index (χ2v) is 15.2. The number of aromatic nitrogens is 1. The first-order valence-corrected chi connectivity index (χ1v) is 20.3. The molecule has 1 aliphatic carbocycles. The fourth-order valence-corrected chi connectivity index (χ4v) is 9.48. The quantitative estimate of drug-likeness (QED) is 0.140. The lowest BCUT2D eigenvalue weighted by atomic mass is 9.96. The molecule has 0 bridgehead atoms. The third kappa shape index (κ3) is 5.49. The number of rotatable bonds is 8. The predicted octanol–water partition coefficient (Wildman–Crippen LogP) is 16.1. The summed E-state index contributed by atoms with van der Waals surface area (Å²) in [5.74, 6) is 0. The zero-order valence-corrected chi connectivity index (χ0v) is 32.8. The number of hydrogen-bond donors (Lipinski definition) is 0. The van der Waals surface area contributed by atoms with E-state index in [9.17, 15) is 0 Å². The van der Waals surface area contributed by atoms with Crippen molar-refractivity contribution in [2.75, 3.05) is 4.90 Å². The van der Waals surface area contributed by atoms with Crippen LogP contribution in [0.15, 0.2) is 207 Å². The molecule has 0 amide bonds. The number of nitrogens with zero attached hydrogens (tertiary/aromatic N) is 2. The van der Waals surface area contributed by atoms with Crippen molar-refractivity contribution in [3.63, 3.8) is 0 Å². The van der Waals surface area contributed by atoms with E-state index in [1.54, 1.807) is 0 Å². The average Bonchev–Trinajstić information content (AvgIpc) is 3.80. The lowest BCUT2D eigenvalue weighted by Gasteiger charge is -2.28. The molecule has 0 aliphatic heterocycles. The Morgan fingerprint density at radius 1 is 0.492 bits per heavy atom. The zero-order valence-electron chi connectivity index (χ0n) is 32.8. The van der Waals surface area contributed by atoms with E-state index in [1.807, 2.05) is 6.08 Å². The van der Waals surface area contributed by atoms with E-state index in [2.05, 4.69) is 229 Å². The Balaban J connectivity index is 1.17. The largest absolute Gasteiger partial charge is 0.310 e. The van der Waals surface area contributed by atoms with Crippen LogP contribution in [0.5, 0.6) is 0 Å². The highest BCUT2D eigenvalue weighted by molar-refractivity contribution is 6.24. The standard InChI is InChI=1S/C57H40N2/c1-3-18-52-44(4-2)51-37-43(32-34-55(51)59(52)54-30-16-14-26-46(54)39-21-9-6-10-22-39)58(53-29-15-13-25-45(53)38-19-7-5-8-20-38)42-31-33-49-50(36-42)48-28-17-24-41-35-40-23-11-12-27-47(40)57(49)56(41)48/h3-37H,2H2,1H3/b18-3-. The van der Waals surface area contributed by atoms with Crippen LogP contribution in [0.4, 0.5) is 17.1 Å². The molecule has 59 heavy (non-hydrogen) atoms. The lowest BCUT2D eigenvalue weighted by molar-refractivity contribution is 1.11. The van der Waals surface area contributed by atoms with Crippen molar-refractivity contribution >= 4 is 61.7 Å². The molecule has 2 nitrogen and oxygen atoms in total. The summed E-state index contributed by atoms with van der Waals surface area (Å²) in [5.41, 5.74) is 17.6. The first-order valence-electron chi connectivity index (χ1n) is 20.3. The summed E-state index contributed by atoms with van der Waals surface area (Å²) in [6.45, 7) is 6.48. The molecule has 11 rings (SSSR count). The van der Waals surface area contributed by atoms with Gasteiger partial charge in [0.25, 0.3) is 0 Å². The van der Waals surface area contributed by atoms with Gasteiger partial charge in [-0.05, 0) is 116 Å². The number of para-hydroxylation sites is 2. The van der Waals surface area contributed by atoms with Crippen LogP contribution in [0.2, 0.25) is 0 Å². The van der Waals surface area contributed by atoms with Crippen LogP contribution < -0.4 is 4.90 Å². The normalized spacial score (nSPS) is 11.8. The minimum absolute atomic E-state index is 1.07. The van der Waals surface area contributed by atoms with Gasteiger partial charge in [0.1, 0.15) is 0 Å². The Morgan fingerprint density at radius 2 is 1.14 bits per heavy atom. The topological polar surface area (TPSA) is 8.17 Å². The third-order valence-corrected chi connectivity index (χ3v) is 12.0. The predicted molar refractivity (Wildman–Crippen MR) is 253 cm³/mol. The first-order chi connectivity index (χ1) is 29.2. The summed E-state index contributed by atoms with van der Waals surface area (Å²) < 4.78 is 2.40. The van der Waals surface area contributed by atoms with Gasteiger partial charge in [-0.2, -0.15) is 0 Å². The highest BCUT2D eigenvalue weighted by Crippen LogP contribution is 2.53. The molecule has 1 heterocycles. The minimum Gasteiger partial charge on any atom is -0.310 e. The molecule has 0 saturated heterocycles. The zero-order chi connectivity index (χ0) is 39.5. The first kappa shape index (κ1) is 34.6. The number of benzene rings is 9. The van der Waals surface area contributed by atoms with E-state index >= 15 is 0 Å². The number of allylic oxidation sites excluding steroid dienone is 1. The molecular weight excluding hydrogens is 713 g/mol. The summed E-state index contributed by atoms with van der Waals surface area (Å²) >= 11 is 0. The molecule has 0 unspecified atom stereocenters. The Labute approximate surface area is 344 Å². The van der Waals surface area contributed by atoms with Crippen LogP contribution in [0.3, 0.4) is 0 Å². The number of fused-ring (bicyclic) bond motifs is 6. The highest BCUT2D eigenvalue weighted by Gasteiger charge is 2.27. The summed E-state index contributed by atoms with van der Waals surface area (Å²) in [5, 5.41) is 6.31. The van der Waals surface area contributed by atoms with E-state index in [0.29, 0.717) is 0 Å². The van der Waals surface area contributed by atoms with Crippen molar-refractivity contribution in [1.82, 2.24) is 4.57 Å². The number of hydrogen-bond acceptors (Lipinski definition) is 1. The van der Waals surface area contributed by atoms with E-state index in [0.717, 1.165) is 50.5 Å². The second kappa shape index (κ2) is 14.1. The van der Waals surface area contributed by atoms with Crippen molar-refractivity contribution < 1.29 is 0 Å². The van der Waals surface area contributed by atoms with Crippen LogP contribution in [0, 0.1) is 0 Å². The van der Waals surface area contributed by atoms with Crippen molar-refractivity contribution in [3.05, 3.63) is 218 Å². The van der Waals surface area contributed by atoms with Gasteiger partial charge in [0.2, 0.25) is 0 Å². The van der Waals surface area contributed by atoms with Gasteiger partial charge in [0, 0.05) is 33.5 Å². The van der Waals surface area contributed by atoms with Crippen LogP contribution in [-0.2, 0) is 0 Å². The molecule has 1 aromatic heterocycles. The van der Waals surface area contributed by atoms with Crippen molar-refractivity contribution in [1.29, 1.82) is 0 Å². The Bertz CT molecular complexity index is 3290. The molecule has 0 spiro atoms. The van der Waals surface area contributed by atoms with E-state index in [1.165, 1.54) is 60.5 Å². The smallest absolute Gasteiger partial charge is 0.0542 e. The summed E-state index contributed by atoms with van der Waals surface area (Å²) in [4.78, 5) is 2.45. The minimum atomic E-state index is 1.07. The van der Waals surface area contributed by atoms with E-state index in [-0.39, 0.29) is 0 Å². The van der Waals surface area contributed by atoms with Gasteiger partial charge in [-0.1, -0.05) is 164 Å². The fourth-order valence-electron chi connectivity index (χ4n) is 9.48. The van der Waals surface area contributed by atoms with Gasteiger partial charge in [-0.25, -0.2) is 0 Å². The third-order valence-electron chi connectivity index (χ3n) is 12.0. The lowest BCUT2D eigenvalue weighted by Crippen LogP contribution is -2.11. The molecule has 0 saturated carbocycles. The van der Waals surface area contributed by atoms with E-state index in [4.69, 9.17) is 0 Å². The van der Waals surface area contributed by atoms with Gasteiger partial charge in [0.05, 0.1) is 22.6 Å². The van der Waals surface area contributed by atoms with Crippen molar-refractivity contribution in [2.24, 2.45) is 0 Å². The molecular formula is C57H40N2. The van der Waals surface area contributed by atoms with Gasteiger partial charge >= 0.3 is 0 Å². The fraction of sp³-hybridized carbons (Fsp3) is 0.0175. The van der Waals surface area contributed by atoms with Crippen molar-refractivity contribution in [3.8, 4) is 50.2 Å². The Morgan fingerprint density at radius 3 is 1.93 bits per heavy atom. The monoisotopic (exact) mass is 752 g/mol. The molecule has 0 atom stereocenters. The van der Waals surface area contributed by atoms with E-state index < -0.39 is 0 Å². The molecule has 0 fully saturated rings. The second-order valence-electron chi connectivity index (χ2n) is 15.2. The van der Waals surface area contributed by atoms with Gasteiger partial charge < -0.3 is 9.47 Å². The maximum atomic E-state index is 4.39. The van der Waals surface area contributed by atoms with Crippen molar-refractivity contribution in [2.45, 2.75) is 6.92 Å². The molecule has 0 N–H and O–H groups in total. The van der Waals surface area contributed by atoms with Gasteiger partial charge in [0.15, 0.2) is 0 Å². The SMILES string of the molecule is C=Cc1c(/C=C\C)n(-c2ccccc2-c2ccccc2)c2ccc(N(c3ccc4c(c3)-c3cccc5cc6ccccc6c-4c35)c3ccccc3-c3ccccc3)cc12. The average molecular weight is 753 g/mol. The maximum Gasteiger partial charge on any atom is 0.0542 e. The van der Waals surface area contributed by atoms with Gasteiger partial charge in [-0.15, -0.1) is 0 Å². The van der Waals surface area contributed by atoms with Crippen LogP contribution in [0.1, 0.15) is 18.2 Å². The summed E-state index contributed by atoms with van der Waals surface area (Å²) in [7, 11) is 0. The molecule has 2 heteroatoms. The van der Waals surface area contributed by atoms with Crippen LogP contribution >= 0.6 is 0 Å². The Kier molecular flexibility index (Phi) is 8.23. The Hall–Kier alpha value is -7.68. The van der Waals surface area contributed by atoms with Crippen LogP contribution in [0.25, 0.3) is 94.8 Å². The summed E-state index contributed by atoms with van der Waals surface area (Å²) in [6.07, 6.45) is 6.35. The maximum absolute atomic E-state index is 4.39. The highest BCUT2D eigenvalue weighted by atomic mass is 15.1. The molecule has 10 aromatic rings.